The third-order valence-corrected chi connectivity index (χ3v) is 4.11. The van der Waals surface area contributed by atoms with Gasteiger partial charge < -0.3 is 15.5 Å². The van der Waals surface area contributed by atoms with E-state index in [0.717, 1.165) is 58.0 Å². The first kappa shape index (κ1) is 23.2. The van der Waals surface area contributed by atoms with E-state index in [0.29, 0.717) is 6.42 Å². The van der Waals surface area contributed by atoms with Crippen molar-refractivity contribution in [3.05, 3.63) is 0 Å². The Morgan fingerprint density at radius 2 is 1.81 bits per heavy atom. The molecule has 1 heterocycles. The van der Waals surface area contributed by atoms with Crippen molar-refractivity contribution in [2.45, 2.75) is 46.0 Å². The highest BCUT2D eigenvalue weighted by Crippen LogP contribution is 2.17. The van der Waals surface area contributed by atoms with Crippen molar-refractivity contribution in [2.75, 3.05) is 39.3 Å². The van der Waals surface area contributed by atoms with E-state index in [1.165, 1.54) is 12.8 Å². The van der Waals surface area contributed by atoms with Crippen LogP contribution in [0.5, 0.6) is 0 Å². The second kappa shape index (κ2) is 14.9. The van der Waals surface area contributed by atoms with Gasteiger partial charge in [-0.1, -0.05) is 13.8 Å². The smallest absolute Gasteiger partial charge is 0.220 e. The molecule has 1 fully saturated rings. The Labute approximate surface area is 142 Å². The molecule has 0 atom stereocenters. The van der Waals surface area contributed by atoms with Crippen LogP contribution >= 0.6 is 24.8 Å². The van der Waals surface area contributed by atoms with E-state index in [2.05, 4.69) is 29.4 Å². The molecule has 6 heteroatoms. The number of piperidine rings is 1. The highest BCUT2D eigenvalue weighted by Gasteiger charge is 2.14. The maximum absolute atomic E-state index is 11.7. The van der Waals surface area contributed by atoms with Crippen LogP contribution in [0.25, 0.3) is 0 Å². The molecule has 0 radical (unpaired) electrons. The molecule has 21 heavy (non-hydrogen) atoms. The molecule has 128 valence electrons. The molecule has 0 saturated carbocycles. The summed E-state index contributed by atoms with van der Waals surface area (Å²) in [7, 11) is 0. The first-order valence-corrected chi connectivity index (χ1v) is 7.96. The number of nitrogens with zero attached hydrogens (tertiary/aromatic N) is 1. The lowest BCUT2D eigenvalue weighted by Crippen LogP contribution is -2.31. The lowest BCUT2D eigenvalue weighted by Gasteiger charge is -2.22. The first-order valence-electron chi connectivity index (χ1n) is 7.96. The lowest BCUT2D eigenvalue weighted by molar-refractivity contribution is -0.121. The Hall–Kier alpha value is -0.0300. The number of hydrogen-bond donors (Lipinski definition) is 2. The maximum Gasteiger partial charge on any atom is 0.220 e. The second-order valence-electron chi connectivity index (χ2n) is 5.46. The van der Waals surface area contributed by atoms with Crippen molar-refractivity contribution in [1.29, 1.82) is 0 Å². The van der Waals surface area contributed by atoms with E-state index in [1.807, 2.05) is 0 Å². The molecule has 1 aliphatic heterocycles. The summed E-state index contributed by atoms with van der Waals surface area (Å²) in [6, 6.07) is 0. The third kappa shape index (κ3) is 11.2. The van der Waals surface area contributed by atoms with Crippen LogP contribution in [-0.4, -0.2) is 50.1 Å². The maximum atomic E-state index is 11.7. The van der Waals surface area contributed by atoms with Crippen LogP contribution in [0.3, 0.4) is 0 Å². The van der Waals surface area contributed by atoms with E-state index in [4.69, 9.17) is 0 Å². The van der Waals surface area contributed by atoms with Crippen LogP contribution in [0.15, 0.2) is 0 Å². The Morgan fingerprint density at radius 1 is 1.19 bits per heavy atom. The molecular formula is C15H33Cl2N3O. The van der Waals surface area contributed by atoms with E-state index in [1.54, 1.807) is 0 Å². The van der Waals surface area contributed by atoms with Crippen molar-refractivity contribution in [1.82, 2.24) is 15.5 Å². The molecule has 2 N–H and O–H groups in total. The van der Waals surface area contributed by atoms with E-state index in [9.17, 15) is 4.79 Å². The van der Waals surface area contributed by atoms with Gasteiger partial charge in [0.1, 0.15) is 0 Å². The van der Waals surface area contributed by atoms with Gasteiger partial charge in [0, 0.05) is 13.0 Å². The number of amides is 1. The van der Waals surface area contributed by atoms with Crippen LogP contribution < -0.4 is 10.6 Å². The van der Waals surface area contributed by atoms with E-state index >= 15 is 0 Å². The number of carbonyl (C=O) groups excluding carboxylic acids is 1. The molecular weight excluding hydrogens is 309 g/mol. The fraction of sp³-hybridized carbons (Fsp3) is 0.933. The molecule has 0 aromatic rings. The highest BCUT2D eigenvalue weighted by atomic mass is 35.5. The first-order chi connectivity index (χ1) is 9.26. The van der Waals surface area contributed by atoms with Crippen LogP contribution in [0.4, 0.5) is 0 Å². The highest BCUT2D eigenvalue weighted by molar-refractivity contribution is 5.85. The molecule has 0 spiro atoms. The van der Waals surface area contributed by atoms with Gasteiger partial charge in [-0.05, 0) is 64.3 Å². The molecule has 1 amide bonds. The summed E-state index contributed by atoms with van der Waals surface area (Å²) >= 11 is 0. The number of hydrogen-bond acceptors (Lipinski definition) is 3. The van der Waals surface area contributed by atoms with Gasteiger partial charge >= 0.3 is 0 Å². The number of nitrogens with one attached hydrogen (secondary N) is 2. The van der Waals surface area contributed by atoms with Gasteiger partial charge in [-0.2, -0.15) is 0 Å². The summed E-state index contributed by atoms with van der Waals surface area (Å²) in [4.78, 5) is 14.1. The monoisotopic (exact) mass is 341 g/mol. The van der Waals surface area contributed by atoms with Crippen molar-refractivity contribution in [3.8, 4) is 0 Å². The SMILES string of the molecule is CCN(CC)CCCNC(=O)CCC1CCNCC1.Cl.Cl. The zero-order valence-corrected chi connectivity index (χ0v) is 15.2. The van der Waals surface area contributed by atoms with Crippen molar-refractivity contribution < 1.29 is 4.79 Å². The van der Waals surface area contributed by atoms with Crippen LogP contribution in [0, 0.1) is 5.92 Å². The normalized spacial score (nSPS) is 15.2. The fourth-order valence-corrected chi connectivity index (χ4v) is 2.66. The zero-order valence-electron chi connectivity index (χ0n) is 13.5. The summed E-state index contributed by atoms with van der Waals surface area (Å²) in [5.41, 5.74) is 0. The average molecular weight is 342 g/mol. The molecule has 4 nitrogen and oxygen atoms in total. The van der Waals surface area contributed by atoms with Crippen LogP contribution in [-0.2, 0) is 4.79 Å². The Morgan fingerprint density at radius 3 is 2.38 bits per heavy atom. The van der Waals surface area contributed by atoms with Gasteiger partial charge in [0.15, 0.2) is 0 Å². The van der Waals surface area contributed by atoms with Crippen LogP contribution in [0.1, 0.15) is 46.0 Å². The van der Waals surface area contributed by atoms with Gasteiger partial charge in [-0.15, -0.1) is 24.8 Å². The molecule has 0 aromatic heterocycles. The summed E-state index contributed by atoms with van der Waals surface area (Å²) in [5.74, 6) is 0.987. The van der Waals surface area contributed by atoms with Gasteiger partial charge in [0.05, 0.1) is 0 Å². The summed E-state index contributed by atoms with van der Waals surface area (Å²) in [5, 5.41) is 6.41. The molecule has 1 rings (SSSR count). The quantitative estimate of drug-likeness (QED) is 0.633. The Balaban J connectivity index is 0. The predicted octanol–water partition coefficient (Wildman–Crippen LogP) is 2.46. The summed E-state index contributed by atoms with van der Waals surface area (Å²) in [6.07, 6.45) is 5.28. The van der Waals surface area contributed by atoms with Gasteiger partial charge in [0.2, 0.25) is 5.91 Å². The lowest BCUT2D eigenvalue weighted by atomic mass is 9.93. The number of rotatable bonds is 9. The van der Waals surface area contributed by atoms with Gasteiger partial charge in [-0.3, -0.25) is 4.79 Å². The fourth-order valence-electron chi connectivity index (χ4n) is 2.66. The van der Waals surface area contributed by atoms with Gasteiger partial charge in [0.25, 0.3) is 0 Å². The Bertz CT molecular complexity index is 245. The largest absolute Gasteiger partial charge is 0.356 e. The average Bonchev–Trinajstić information content (AvgIpc) is 2.46. The van der Waals surface area contributed by atoms with Crippen molar-refractivity contribution in [3.63, 3.8) is 0 Å². The summed E-state index contributed by atoms with van der Waals surface area (Å²) in [6.45, 7) is 10.7. The molecule has 0 unspecified atom stereocenters. The number of halogens is 2. The topological polar surface area (TPSA) is 44.4 Å². The molecule has 1 saturated heterocycles. The molecule has 1 aliphatic rings. The zero-order chi connectivity index (χ0) is 13.9. The van der Waals surface area contributed by atoms with Crippen molar-refractivity contribution >= 4 is 30.7 Å². The van der Waals surface area contributed by atoms with Crippen molar-refractivity contribution in [2.24, 2.45) is 5.92 Å². The standard InChI is InChI=1S/C15H31N3O.2ClH/c1-3-18(4-2)13-5-10-17-15(19)7-6-14-8-11-16-12-9-14;;/h14,16H,3-13H2,1-2H3,(H,17,19);2*1H. The molecule has 0 aromatic carbocycles. The summed E-state index contributed by atoms with van der Waals surface area (Å²) < 4.78 is 0. The van der Waals surface area contributed by atoms with E-state index in [-0.39, 0.29) is 30.7 Å². The predicted molar refractivity (Wildman–Crippen MR) is 94.7 cm³/mol. The van der Waals surface area contributed by atoms with Crippen LogP contribution in [0.2, 0.25) is 0 Å². The van der Waals surface area contributed by atoms with Gasteiger partial charge in [-0.25, -0.2) is 0 Å². The minimum atomic E-state index is 0. The van der Waals surface area contributed by atoms with E-state index < -0.39 is 0 Å². The molecule has 0 aliphatic carbocycles. The second-order valence-corrected chi connectivity index (χ2v) is 5.46. The number of carbonyl (C=O) groups is 1. The minimum Gasteiger partial charge on any atom is -0.356 e. The Kier molecular flexibility index (Phi) is 16.5. The minimum absolute atomic E-state index is 0. The molecule has 0 bridgehead atoms. The third-order valence-electron chi connectivity index (χ3n) is 4.11.